The molecule has 2 unspecified atom stereocenters. The topological polar surface area (TPSA) is 0 Å². The molecule has 2 aliphatic rings. The van der Waals surface area contributed by atoms with Crippen LogP contribution in [0.5, 0.6) is 0 Å². The van der Waals surface area contributed by atoms with Gasteiger partial charge in [-0.3, -0.25) is 0 Å². The van der Waals surface area contributed by atoms with Crippen LogP contribution in [0.4, 0.5) is 0 Å². The first-order valence-corrected chi connectivity index (χ1v) is 18.9. The van der Waals surface area contributed by atoms with Crippen molar-refractivity contribution in [3.05, 3.63) is 105 Å². The summed E-state index contributed by atoms with van der Waals surface area (Å²) in [5, 5.41) is 4.39. The van der Waals surface area contributed by atoms with Gasteiger partial charge >= 0.3 is 254 Å². The summed E-state index contributed by atoms with van der Waals surface area (Å²) in [5.74, 6) is 0.319. The van der Waals surface area contributed by atoms with Crippen LogP contribution in [0.15, 0.2) is 66.2 Å². The first kappa shape index (κ1) is 32.5. The number of hydrogen-bond acceptors (Lipinski definition) is 0. The number of rotatable bonds is 2. The summed E-state index contributed by atoms with van der Waals surface area (Å²) in [6.07, 6.45) is 2.50. The number of benzene rings is 4. The molecule has 0 saturated heterocycles. The van der Waals surface area contributed by atoms with E-state index in [9.17, 15) is 0 Å². The van der Waals surface area contributed by atoms with Gasteiger partial charge in [0.05, 0.1) is 0 Å². The fraction of sp³-hybridized carbons (Fsp3) is 0.351. The molecule has 4 heteroatoms. The molecule has 0 radical (unpaired) electrons. The first-order valence-electron chi connectivity index (χ1n) is 14.6. The Morgan fingerprint density at radius 3 is 2.05 bits per heavy atom. The molecule has 0 aliphatic heterocycles. The molecule has 211 valence electrons. The second-order valence-corrected chi connectivity index (χ2v) is 18.6. The van der Waals surface area contributed by atoms with Gasteiger partial charge in [-0.1, -0.05) is 0 Å². The predicted molar refractivity (Wildman–Crippen MR) is 169 cm³/mol. The zero-order valence-electron chi connectivity index (χ0n) is 25.8. The summed E-state index contributed by atoms with van der Waals surface area (Å²) in [6, 6.07) is 23.7. The molecule has 2 atom stereocenters. The molecule has 6 rings (SSSR count). The summed E-state index contributed by atoms with van der Waals surface area (Å²) in [4.78, 5) is 0. The molecule has 0 aromatic heterocycles. The quantitative estimate of drug-likeness (QED) is 0.287. The van der Waals surface area contributed by atoms with Gasteiger partial charge in [0.2, 0.25) is 0 Å². The van der Waals surface area contributed by atoms with E-state index >= 15 is 0 Å². The normalized spacial score (nSPS) is 17.5. The molecule has 0 nitrogen and oxygen atoms in total. The maximum Gasteiger partial charge on any atom is -1.00 e. The van der Waals surface area contributed by atoms with Crippen molar-refractivity contribution in [3.63, 3.8) is 0 Å². The summed E-state index contributed by atoms with van der Waals surface area (Å²) in [6.45, 7) is 21.8. The van der Waals surface area contributed by atoms with Gasteiger partial charge in [-0.05, 0) is 0 Å². The molecule has 0 bridgehead atoms. The van der Waals surface area contributed by atoms with E-state index < -0.39 is 8.80 Å². The average Bonchev–Trinajstić information content (AvgIpc) is 3.35. The molecule has 0 N–H and O–H groups in total. The van der Waals surface area contributed by atoms with Crippen LogP contribution in [-0.2, 0) is 35.5 Å². The van der Waals surface area contributed by atoms with E-state index in [4.69, 9.17) is 0 Å². The number of halogens is 2. The average molecular weight is 676 g/mol. The Hall–Kier alpha value is -1.44. The Morgan fingerprint density at radius 2 is 1.41 bits per heavy atom. The Bertz CT molecular complexity index is 1680. The van der Waals surface area contributed by atoms with Crippen LogP contribution < -0.4 is 30.0 Å². The monoisotopic (exact) mass is 673 g/mol. The van der Waals surface area contributed by atoms with E-state index in [1.807, 2.05) is 0 Å². The van der Waals surface area contributed by atoms with Crippen LogP contribution in [-0.4, -0.2) is 8.80 Å². The molecule has 4 aromatic rings. The van der Waals surface area contributed by atoms with Gasteiger partial charge in [0.25, 0.3) is 0 Å². The van der Waals surface area contributed by atoms with Gasteiger partial charge in [-0.15, -0.1) is 0 Å². The predicted octanol–water partition coefficient (Wildman–Crippen LogP) is 3.30. The molecule has 0 amide bonds. The summed E-state index contributed by atoms with van der Waals surface area (Å²) >= 11 is 1.59. The number of hydrogen-bond donors (Lipinski definition) is 0. The van der Waals surface area contributed by atoms with Crippen molar-refractivity contribution in [2.24, 2.45) is 0 Å². The minimum absolute atomic E-state index is 0. The zero-order valence-corrected chi connectivity index (χ0v) is 31.0. The van der Waals surface area contributed by atoms with Gasteiger partial charge < -0.3 is 24.8 Å². The third-order valence-corrected chi connectivity index (χ3v) is 12.2. The molecule has 0 heterocycles. The minimum atomic E-state index is -1.10. The van der Waals surface area contributed by atoms with Crippen LogP contribution in [0.3, 0.4) is 0 Å². The third-order valence-electron chi connectivity index (χ3n) is 9.05. The maximum absolute atomic E-state index is 2.64. The fourth-order valence-electron chi connectivity index (χ4n) is 7.20. The summed E-state index contributed by atoms with van der Waals surface area (Å²) in [5.41, 5.74) is 15.6. The third kappa shape index (κ3) is 5.20. The van der Waals surface area contributed by atoms with Crippen LogP contribution in [0, 0.1) is 0 Å². The standard InChI is InChI=1S/C37H41Si.2ClH.Zr/c1-22-18-29-26-13-11-10-12-23(26)14-16-28(29)33(22)34-31-20-24-19-25(36(2,3)4)15-17-27(24)30(31)21-32(38(8)9)35(34)37(5,6)7;;;/h10-21,33,38H,1-9H3;2*1H;/q;;;+2/p-2. The van der Waals surface area contributed by atoms with Gasteiger partial charge in [0, 0.05) is 0 Å². The van der Waals surface area contributed by atoms with Crippen molar-refractivity contribution in [1.82, 2.24) is 0 Å². The van der Waals surface area contributed by atoms with Crippen molar-refractivity contribution < 1.29 is 49.5 Å². The van der Waals surface area contributed by atoms with Crippen LogP contribution in [0.1, 0.15) is 97.0 Å². The van der Waals surface area contributed by atoms with E-state index in [0.29, 0.717) is 9.54 Å². The molecule has 2 aliphatic carbocycles. The fourth-order valence-corrected chi connectivity index (χ4v) is 10.2. The molecule has 0 fully saturated rings. The van der Waals surface area contributed by atoms with Crippen molar-refractivity contribution in [2.45, 2.75) is 81.9 Å². The SMILES string of the molecule is CC1=Cc2c(ccc3ccccc23)C1c1c2c(cc([SiH](C)C)c1C(C)(C)C)-c1ccc(C(C)(C)C)cc1[CH]2[Zr+2].[Cl-].[Cl-]. The van der Waals surface area contributed by atoms with E-state index in [2.05, 4.69) is 128 Å². The van der Waals surface area contributed by atoms with Crippen molar-refractivity contribution in [3.8, 4) is 11.1 Å². The second kappa shape index (κ2) is 11.2. The van der Waals surface area contributed by atoms with Crippen LogP contribution in [0.25, 0.3) is 28.0 Å². The van der Waals surface area contributed by atoms with Gasteiger partial charge in [-0.2, -0.15) is 0 Å². The van der Waals surface area contributed by atoms with Crippen LogP contribution in [0.2, 0.25) is 13.1 Å². The van der Waals surface area contributed by atoms with E-state index in [0.717, 1.165) is 0 Å². The maximum atomic E-state index is 2.64. The molecule has 0 spiro atoms. The van der Waals surface area contributed by atoms with Gasteiger partial charge in [-0.25, -0.2) is 0 Å². The van der Waals surface area contributed by atoms with Gasteiger partial charge in [0.15, 0.2) is 0 Å². The van der Waals surface area contributed by atoms with Gasteiger partial charge in [0.1, 0.15) is 0 Å². The Morgan fingerprint density at radius 1 is 0.732 bits per heavy atom. The summed E-state index contributed by atoms with van der Waals surface area (Å²) < 4.78 is 0.473. The molecule has 41 heavy (non-hydrogen) atoms. The minimum Gasteiger partial charge on any atom is -1.00 e. The first-order chi connectivity index (χ1) is 18.3. The van der Waals surface area contributed by atoms with E-state index in [1.165, 1.54) is 44.2 Å². The van der Waals surface area contributed by atoms with E-state index in [1.54, 1.807) is 52.2 Å². The Kier molecular flexibility index (Phi) is 8.90. The Balaban J connectivity index is 0.00000194. The summed E-state index contributed by atoms with van der Waals surface area (Å²) in [7, 11) is -1.10. The van der Waals surface area contributed by atoms with Crippen molar-refractivity contribution in [2.75, 3.05) is 0 Å². The van der Waals surface area contributed by atoms with E-state index in [-0.39, 0.29) is 35.6 Å². The van der Waals surface area contributed by atoms with Crippen molar-refractivity contribution >= 4 is 30.8 Å². The van der Waals surface area contributed by atoms with Crippen LogP contribution >= 0.6 is 0 Å². The zero-order chi connectivity index (χ0) is 28.0. The number of fused-ring (bicyclic) bond motifs is 6. The largest absolute Gasteiger partial charge is 1.00 e. The Labute approximate surface area is 276 Å². The second-order valence-electron chi connectivity index (χ2n) is 14.2. The molecular weight excluding hydrogens is 635 g/mol. The smallest absolute Gasteiger partial charge is 1.00 e. The molecule has 4 aromatic carbocycles. The number of allylic oxidation sites excluding steroid dienone is 1. The van der Waals surface area contributed by atoms with Crippen molar-refractivity contribution in [1.29, 1.82) is 0 Å². The molecular formula is C37H41Cl2SiZr. The molecule has 0 saturated carbocycles.